The monoisotopic (exact) mass is 233 g/mol. The van der Waals surface area contributed by atoms with Crippen LogP contribution in [-0.2, 0) is 6.42 Å². The molecular weight excluding hydrogens is 210 g/mol. The Morgan fingerprint density at radius 2 is 2.47 bits per heavy atom. The molecule has 0 spiro atoms. The molecule has 1 fully saturated rings. The largest absolute Gasteiger partial charge is 0.315 e. The Labute approximate surface area is 104 Å². The molecule has 1 aromatic rings. The minimum atomic E-state index is 0.758. The third-order valence-corrected chi connectivity index (χ3v) is 3.60. The maximum absolute atomic E-state index is 4.13. The van der Waals surface area contributed by atoms with Gasteiger partial charge in [-0.3, -0.25) is 9.88 Å². The maximum Gasteiger partial charge on any atom is 0.0300 e. The lowest BCUT2D eigenvalue weighted by Gasteiger charge is -2.22. The molecular formula is C14H23N3. The fourth-order valence-corrected chi connectivity index (χ4v) is 2.59. The van der Waals surface area contributed by atoms with Crippen molar-refractivity contribution in [2.75, 3.05) is 26.2 Å². The molecule has 1 aromatic heterocycles. The van der Waals surface area contributed by atoms with Crippen LogP contribution in [-0.4, -0.2) is 42.1 Å². The fraction of sp³-hybridized carbons (Fsp3) is 0.643. The number of hydrogen-bond acceptors (Lipinski definition) is 3. The van der Waals surface area contributed by atoms with E-state index in [1.165, 1.54) is 31.5 Å². The first-order valence-electron chi connectivity index (χ1n) is 6.74. The van der Waals surface area contributed by atoms with Crippen LogP contribution in [0.1, 0.15) is 25.3 Å². The van der Waals surface area contributed by atoms with E-state index in [1.54, 1.807) is 0 Å². The van der Waals surface area contributed by atoms with Gasteiger partial charge < -0.3 is 5.32 Å². The number of aromatic nitrogens is 1. The van der Waals surface area contributed by atoms with Crippen LogP contribution >= 0.6 is 0 Å². The SMILES string of the molecule is CCN1CCCC1CNCCc1cccnc1. The molecule has 0 aliphatic carbocycles. The van der Waals surface area contributed by atoms with E-state index in [1.807, 2.05) is 18.5 Å². The van der Waals surface area contributed by atoms with Crippen LogP contribution in [0.15, 0.2) is 24.5 Å². The number of pyridine rings is 1. The zero-order chi connectivity index (χ0) is 11.9. The molecule has 0 saturated carbocycles. The third kappa shape index (κ3) is 3.79. The van der Waals surface area contributed by atoms with Crippen molar-refractivity contribution in [2.24, 2.45) is 0 Å². The Morgan fingerprint density at radius 3 is 3.24 bits per heavy atom. The lowest BCUT2D eigenvalue weighted by atomic mass is 10.2. The number of hydrogen-bond donors (Lipinski definition) is 1. The van der Waals surface area contributed by atoms with E-state index in [0.29, 0.717) is 0 Å². The second-order valence-corrected chi connectivity index (χ2v) is 4.74. The predicted octanol–water partition coefficient (Wildman–Crippen LogP) is 1.70. The van der Waals surface area contributed by atoms with Crippen LogP contribution in [0.2, 0.25) is 0 Å². The van der Waals surface area contributed by atoms with Crippen LogP contribution in [0.25, 0.3) is 0 Å². The lowest BCUT2D eigenvalue weighted by molar-refractivity contribution is 0.260. The summed E-state index contributed by atoms with van der Waals surface area (Å²) in [5.74, 6) is 0. The van der Waals surface area contributed by atoms with Crippen molar-refractivity contribution < 1.29 is 0 Å². The molecule has 2 heterocycles. The quantitative estimate of drug-likeness (QED) is 0.758. The molecule has 3 nitrogen and oxygen atoms in total. The summed E-state index contributed by atoms with van der Waals surface area (Å²) in [7, 11) is 0. The van der Waals surface area contributed by atoms with E-state index in [4.69, 9.17) is 0 Å². The zero-order valence-corrected chi connectivity index (χ0v) is 10.7. The summed E-state index contributed by atoms with van der Waals surface area (Å²) in [6.45, 7) is 6.92. The van der Waals surface area contributed by atoms with Crippen molar-refractivity contribution >= 4 is 0 Å². The Morgan fingerprint density at radius 1 is 1.53 bits per heavy atom. The van der Waals surface area contributed by atoms with Crippen LogP contribution in [0.4, 0.5) is 0 Å². The van der Waals surface area contributed by atoms with Crippen molar-refractivity contribution in [3.05, 3.63) is 30.1 Å². The molecule has 0 bridgehead atoms. The van der Waals surface area contributed by atoms with Gasteiger partial charge >= 0.3 is 0 Å². The number of nitrogens with zero attached hydrogens (tertiary/aromatic N) is 2. The summed E-state index contributed by atoms with van der Waals surface area (Å²) in [5, 5.41) is 3.57. The minimum Gasteiger partial charge on any atom is -0.315 e. The first-order chi connectivity index (χ1) is 8.40. The molecule has 94 valence electrons. The summed E-state index contributed by atoms with van der Waals surface area (Å²) < 4.78 is 0. The van der Waals surface area contributed by atoms with Gasteiger partial charge in [-0.05, 0) is 50.5 Å². The van der Waals surface area contributed by atoms with E-state index >= 15 is 0 Å². The van der Waals surface area contributed by atoms with Crippen molar-refractivity contribution in [1.29, 1.82) is 0 Å². The zero-order valence-electron chi connectivity index (χ0n) is 10.7. The van der Waals surface area contributed by atoms with Crippen molar-refractivity contribution in [2.45, 2.75) is 32.2 Å². The van der Waals surface area contributed by atoms with Crippen molar-refractivity contribution in [3.63, 3.8) is 0 Å². The van der Waals surface area contributed by atoms with E-state index in [2.05, 4.69) is 28.2 Å². The number of nitrogens with one attached hydrogen (secondary N) is 1. The number of likely N-dealkylation sites (tertiary alicyclic amines) is 1. The van der Waals surface area contributed by atoms with Gasteiger partial charge in [0, 0.05) is 25.0 Å². The summed E-state index contributed by atoms with van der Waals surface area (Å²) in [6, 6.07) is 4.90. The van der Waals surface area contributed by atoms with Crippen LogP contribution in [0.3, 0.4) is 0 Å². The van der Waals surface area contributed by atoms with Gasteiger partial charge in [-0.15, -0.1) is 0 Å². The Kier molecular flexibility index (Phi) is 4.95. The molecule has 3 heteroatoms. The molecule has 1 aliphatic heterocycles. The number of rotatable bonds is 6. The van der Waals surface area contributed by atoms with Gasteiger partial charge in [0.15, 0.2) is 0 Å². The molecule has 0 amide bonds. The molecule has 1 N–H and O–H groups in total. The highest BCUT2D eigenvalue weighted by Gasteiger charge is 2.21. The molecule has 2 rings (SSSR count). The second kappa shape index (κ2) is 6.72. The molecule has 1 aliphatic rings. The van der Waals surface area contributed by atoms with Gasteiger partial charge in [-0.2, -0.15) is 0 Å². The van der Waals surface area contributed by atoms with E-state index in [9.17, 15) is 0 Å². The van der Waals surface area contributed by atoms with Crippen LogP contribution in [0, 0.1) is 0 Å². The maximum atomic E-state index is 4.13. The average Bonchev–Trinajstić information content (AvgIpc) is 2.83. The molecule has 0 aromatic carbocycles. The minimum absolute atomic E-state index is 0.758. The standard InChI is InChI=1S/C14H23N3/c1-2-17-10-4-6-14(17)12-16-9-7-13-5-3-8-15-11-13/h3,5,8,11,14,16H,2,4,6-7,9-10,12H2,1H3. The third-order valence-electron chi connectivity index (χ3n) is 3.60. The van der Waals surface area contributed by atoms with Crippen LogP contribution in [0.5, 0.6) is 0 Å². The Balaban J connectivity index is 1.63. The topological polar surface area (TPSA) is 28.2 Å². The molecule has 0 radical (unpaired) electrons. The molecule has 1 atom stereocenters. The Hall–Kier alpha value is -0.930. The first-order valence-corrected chi connectivity index (χ1v) is 6.74. The first kappa shape index (κ1) is 12.5. The lowest BCUT2D eigenvalue weighted by Crippen LogP contribution is -2.38. The smallest absolute Gasteiger partial charge is 0.0300 e. The Bertz CT molecular complexity index is 313. The van der Waals surface area contributed by atoms with Crippen molar-refractivity contribution in [1.82, 2.24) is 15.2 Å². The highest BCUT2D eigenvalue weighted by molar-refractivity contribution is 5.08. The van der Waals surface area contributed by atoms with E-state index in [0.717, 1.165) is 25.6 Å². The van der Waals surface area contributed by atoms with Gasteiger partial charge in [0.2, 0.25) is 0 Å². The highest BCUT2D eigenvalue weighted by Crippen LogP contribution is 2.15. The van der Waals surface area contributed by atoms with E-state index < -0.39 is 0 Å². The fourth-order valence-electron chi connectivity index (χ4n) is 2.59. The summed E-state index contributed by atoms with van der Waals surface area (Å²) >= 11 is 0. The average molecular weight is 233 g/mol. The van der Waals surface area contributed by atoms with Gasteiger partial charge in [-0.25, -0.2) is 0 Å². The summed E-state index contributed by atoms with van der Waals surface area (Å²) in [6.07, 6.45) is 7.58. The molecule has 1 saturated heterocycles. The van der Waals surface area contributed by atoms with E-state index in [-0.39, 0.29) is 0 Å². The molecule has 1 unspecified atom stereocenters. The molecule has 17 heavy (non-hydrogen) atoms. The number of likely N-dealkylation sites (N-methyl/N-ethyl adjacent to an activating group) is 1. The summed E-state index contributed by atoms with van der Waals surface area (Å²) in [5.41, 5.74) is 1.32. The second-order valence-electron chi connectivity index (χ2n) is 4.74. The highest BCUT2D eigenvalue weighted by atomic mass is 15.2. The predicted molar refractivity (Wildman–Crippen MR) is 71.1 cm³/mol. The van der Waals surface area contributed by atoms with Gasteiger partial charge in [0.1, 0.15) is 0 Å². The van der Waals surface area contributed by atoms with Crippen molar-refractivity contribution in [3.8, 4) is 0 Å². The normalized spacial score (nSPS) is 20.9. The van der Waals surface area contributed by atoms with Gasteiger partial charge in [0.05, 0.1) is 0 Å². The van der Waals surface area contributed by atoms with Crippen LogP contribution < -0.4 is 5.32 Å². The summed E-state index contributed by atoms with van der Waals surface area (Å²) in [4.78, 5) is 6.71. The van der Waals surface area contributed by atoms with Gasteiger partial charge in [-0.1, -0.05) is 13.0 Å². The van der Waals surface area contributed by atoms with Gasteiger partial charge in [0.25, 0.3) is 0 Å².